The van der Waals surface area contributed by atoms with Crippen molar-refractivity contribution in [1.29, 1.82) is 0 Å². The Labute approximate surface area is 133 Å². The summed E-state index contributed by atoms with van der Waals surface area (Å²) in [5.74, 6) is 0.219. The highest BCUT2D eigenvalue weighted by Crippen LogP contribution is 2.39. The third kappa shape index (κ3) is 5.26. The van der Waals surface area contributed by atoms with Crippen molar-refractivity contribution in [3.05, 3.63) is 24.3 Å². The summed E-state index contributed by atoms with van der Waals surface area (Å²) in [7, 11) is 0. The van der Waals surface area contributed by atoms with Crippen molar-refractivity contribution in [1.82, 2.24) is 0 Å². The molecule has 0 heterocycles. The van der Waals surface area contributed by atoms with Crippen LogP contribution in [0.3, 0.4) is 0 Å². The molecule has 0 aromatic rings. The van der Waals surface area contributed by atoms with Crippen LogP contribution in [-0.4, -0.2) is 11.6 Å². The zero-order valence-corrected chi connectivity index (χ0v) is 14.1. The molecular formula is C19H30O2. The van der Waals surface area contributed by atoms with Crippen molar-refractivity contribution in [3.63, 3.8) is 0 Å². The first-order valence-corrected chi connectivity index (χ1v) is 7.56. The lowest BCUT2D eigenvalue weighted by Gasteiger charge is -2.34. The number of carbonyl (C=O) groups excluding carboxylic acids is 2. The maximum atomic E-state index is 11.6. The van der Waals surface area contributed by atoms with Crippen LogP contribution in [0.2, 0.25) is 0 Å². The molecule has 0 aromatic carbocycles. The first-order chi connectivity index (χ1) is 10.6. The summed E-state index contributed by atoms with van der Waals surface area (Å²) in [6.07, 6.45) is 8.30. The third-order valence-corrected chi connectivity index (χ3v) is 4.06. The molecule has 0 spiro atoms. The Morgan fingerprint density at radius 2 is 1.62 bits per heavy atom. The van der Waals surface area contributed by atoms with Gasteiger partial charge in [-0.25, -0.2) is 0 Å². The minimum atomic E-state index is -2.22. The summed E-state index contributed by atoms with van der Waals surface area (Å²) in [5.41, 5.74) is -1.20. The second-order valence-corrected chi connectivity index (χ2v) is 8.02. The topological polar surface area (TPSA) is 34.1 Å². The van der Waals surface area contributed by atoms with E-state index >= 15 is 0 Å². The monoisotopic (exact) mass is 293 g/mol. The zero-order valence-electron chi connectivity index (χ0n) is 17.1. The minimum Gasteiger partial charge on any atom is -0.295 e. The van der Waals surface area contributed by atoms with Crippen molar-refractivity contribution in [2.75, 3.05) is 0 Å². The molecule has 0 fully saturated rings. The van der Waals surface area contributed by atoms with Crippen LogP contribution in [0.1, 0.15) is 65.3 Å². The van der Waals surface area contributed by atoms with Crippen molar-refractivity contribution in [2.45, 2.75) is 61.2 Å². The fraction of sp³-hybridized carbons (Fsp3) is 0.684. The highest BCUT2D eigenvalue weighted by Gasteiger charge is 2.35. The van der Waals surface area contributed by atoms with E-state index in [0.29, 0.717) is 6.42 Å². The van der Waals surface area contributed by atoms with Crippen molar-refractivity contribution in [2.24, 2.45) is 22.2 Å². The summed E-state index contributed by atoms with van der Waals surface area (Å²) in [6, 6.07) is 0. The molecule has 2 rings (SSSR count). The van der Waals surface area contributed by atoms with Crippen LogP contribution in [0.25, 0.3) is 0 Å². The standard InChI is InChI=1S/C10H16O.C9H14O/c1-9(2)6-5-8(11)10(3,4)7-9;1-7-6-9(2,3)5-4-8(7)10/h5-6H,7H2,1-4H3;4-5,7H,6H2,1-3H3/t;7-/m.0/s1/i3D3;/t10-;/m1./s1. The molecule has 2 heteroatoms. The molecule has 0 unspecified atom stereocenters. The second-order valence-electron chi connectivity index (χ2n) is 8.02. The number of carbonyl (C=O) groups is 2. The predicted octanol–water partition coefficient (Wildman–Crippen LogP) is 4.75. The zero-order chi connectivity index (χ0) is 19.0. The molecule has 0 aromatic heterocycles. The van der Waals surface area contributed by atoms with E-state index in [9.17, 15) is 9.59 Å². The Balaban J connectivity index is 0.000000254. The molecule has 0 aliphatic heterocycles. The number of hydrogen-bond donors (Lipinski definition) is 0. The Bertz CT molecular complexity index is 568. The molecule has 0 bridgehead atoms. The summed E-state index contributed by atoms with van der Waals surface area (Å²) in [5, 5.41) is 0. The van der Waals surface area contributed by atoms with Gasteiger partial charge in [0.25, 0.3) is 0 Å². The lowest BCUT2D eigenvalue weighted by molar-refractivity contribution is -0.124. The van der Waals surface area contributed by atoms with Crippen LogP contribution in [0.15, 0.2) is 24.3 Å². The molecule has 118 valence electrons. The first-order valence-electron chi connectivity index (χ1n) is 9.06. The van der Waals surface area contributed by atoms with Crippen LogP contribution in [0.4, 0.5) is 0 Å². The van der Waals surface area contributed by atoms with Crippen molar-refractivity contribution < 1.29 is 13.7 Å². The van der Waals surface area contributed by atoms with Gasteiger partial charge in [0.15, 0.2) is 11.6 Å². The van der Waals surface area contributed by atoms with E-state index in [4.69, 9.17) is 4.11 Å². The van der Waals surface area contributed by atoms with Crippen LogP contribution in [0.5, 0.6) is 0 Å². The summed E-state index contributed by atoms with van der Waals surface area (Å²) < 4.78 is 22.2. The van der Waals surface area contributed by atoms with Crippen molar-refractivity contribution >= 4 is 11.6 Å². The van der Waals surface area contributed by atoms with Gasteiger partial charge in [0.2, 0.25) is 0 Å². The van der Waals surface area contributed by atoms with E-state index < -0.39 is 12.3 Å². The van der Waals surface area contributed by atoms with Gasteiger partial charge in [0.1, 0.15) is 0 Å². The number of allylic oxidation sites excluding steroid dienone is 4. The smallest absolute Gasteiger partial charge is 0.160 e. The van der Waals surface area contributed by atoms with E-state index in [1.807, 2.05) is 26.8 Å². The Kier molecular flexibility index (Phi) is 3.79. The molecule has 0 radical (unpaired) electrons. The largest absolute Gasteiger partial charge is 0.295 e. The summed E-state index contributed by atoms with van der Waals surface area (Å²) in [4.78, 5) is 22.6. The second kappa shape index (κ2) is 5.90. The van der Waals surface area contributed by atoms with Crippen LogP contribution in [0, 0.1) is 22.2 Å². The Morgan fingerprint density at radius 1 is 1.05 bits per heavy atom. The number of hydrogen-bond acceptors (Lipinski definition) is 2. The maximum absolute atomic E-state index is 11.6. The molecule has 2 aliphatic carbocycles. The summed E-state index contributed by atoms with van der Waals surface area (Å²) in [6.45, 7) is 9.52. The lowest BCUT2D eigenvalue weighted by atomic mass is 9.69. The fourth-order valence-corrected chi connectivity index (χ4v) is 2.97. The Hall–Kier alpha value is -1.18. The molecule has 21 heavy (non-hydrogen) atoms. The van der Waals surface area contributed by atoms with Gasteiger partial charge in [-0.05, 0) is 35.8 Å². The van der Waals surface area contributed by atoms with E-state index in [1.165, 1.54) is 13.0 Å². The molecular weight excluding hydrogens is 260 g/mol. The van der Waals surface area contributed by atoms with Gasteiger partial charge in [0.05, 0.1) is 0 Å². The molecule has 2 aliphatic rings. The van der Waals surface area contributed by atoms with Crippen molar-refractivity contribution in [3.8, 4) is 0 Å². The molecule has 0 amide bonds. The van der Waals surface area contributed by atoms with Gasteiger partial charge < -0.3 is 0 Å². The Morgan fingerprint density at radius 3 is 2.05 bits per heavy atom. The van der Waals surface area contributed by atoms with Gasteiger partial charge in [-0.2, -0.15) is 0 Å². The molecule has 0 N–H and O–H groups in total. The maximum Gasteiger partial charge on any atom is 0.160 e. The van der Waals surface area contributed by atoms with E-state index in [0.717, 1.165) is 6.42 Å². The van der Waals surface area contributed by atoms with E-state index in [2.05, 4.69) is 13.8 Å². The summed E-state index contributed by atoms with van der Waals surface area (Å²) >= 11 is 0. The SMILES string of the molecule is C[C@H]1CC(C)(C)C=CC1=O.[2H]C([2H])([2H])[C@@]1(C)CC(C)(C)C=CC1=O. The first kappa shape index (κ1) is 13.5. The van der Waals surface area contributed by atoms with Gasteiger partial charge in [-0.15, -0.1) is 0 Å². The van der Waals surface area contributed by atoms with Gasteiger partial charge in [-0.1, -0.05) is 60.5 Å². The molecule has 2 atom stereocenters. The quantitative estimate of drug-likeness (QED) is 0.646. The highest BCUT2D eigenvalue weighted by molar-refractivity contribution is 5.95. The van der Waals surface area contributed by atoms with Gasteiger partial charge in [-0.3, -0.25) is 9.59 Å². The van der Waals surface area contributed by atoms with Gasteiger partial charge in [0, 0.05) is 15.4 Å². The molecule has 0 saturated carbocycles. The average molecular weight is 293 g/mol. The van der Waals surface area contributed by atoms with Crippen LogP contribution >= 0.6 is 0 Å². The highest BCUT2D eigenvalue weighted by atomic mass is 16.1. The average Bonchev–Trinajstić information content (AvgIpc) is 2.38. The number of rotatable bonds is 0. The minimum absolute atomic E-state index is 0.211. The number of ketones is 2. The van der Waals surface area contributed by atoms with Gasteiger partial charge >= 0.3 is 0 Å². The van der Waals surface area contributed by atoms with Crippen LogP contribution in [-0.2, 0) is 9.59 Å². The lowest BCUT2D eigenvalue weighted by Crippen LogP contribution is -2.32. The molecule has 2 nitrogen and oxygen atoms in total. The van der Waals surface area contributed by atoms with Crippen LogP contribution < -0.4 is 0 Å². The third-order valence-electron chi connectivity index (χ3n) is 4.06. The fourth-order valence-electron chi connectivity index (χ4n) is 2.97. The van der Waals surface area contributed by atoms with E-state index in [-0.39, 0.29) is 28.3 Å². The molecule has 0 saturated heterocycles. The van der Waals surface area contributed by atoms with E-state index in [1.54, 1.807) is 12.2 Å². The predicted molar refractivity (Wildman–Crippen MR) is 88.0 cm³/mol. The normalized spacial score (nSPS) is 36.1.